The van der Waals surface area contributed by atoms with Crippen LogP contribution in [-0.2, 0) is 0 Å². The van der Waals surface area contributed by atoms with Gasteiger partial charge in [-0.1, -0.05) is 32.6 Å². The van der Waals surface area contributed by atoms with Gasteiger partial charge in [-0.05, 0) is 44.1 Å². The molecule has 2 fully saturated rings. The molecule has 0 radical (unpaired) electrons. The van der Waals surface area contributed by atoms with Crippen LogP contribution in [0.4, 0.5) is 4.39 Å². The fraction of sp³-hybridized carbons (Fsp3) is 1.00. The summed E-state index contributed by atoms with van der Waals surface area (Å²) in [6.45, 7) is 3.27. The fourth-order valence-corrected chi connectivity index (χ4v) is 3.47. The van der Waals surface area contributed by atoms with E-state index in [0.717, 1.165) is 31.7 Å². The molecule has 1 N–H and O–H groups in total. The van der Waals surface area contributed by atoms with Gasteiger partial charge in [0.1, 0.15) is 6.17 Å². The van der Waals surface area contributed by atoms with Gasteiger partial charge in [0.2, 0.25) is 0 Å². The minimum atomic E-state index is -0.588. The highest BCUT2D eigenvalue weighted by atomic mass is 19.1. The molecule has 1 aliphatic carbocycles. The van der Waals surface area contributed by atoms with Crippen molar-refractivity contribution in [2.45, 2.75) is 70.5 Å². The maximum atomic E-state index is 14.4. The summed E-state index contributed by atoms with van der Waals surface area (Å²) >= 11 is 0. The molecule has 0 amide bonds. The molecule has 4 atom stereocenters. The van der Waals surface area contributed by atoms with E-state index in [9.17, 15) is 4.39 Å². The third-order valence-electron chi connectivity index (χ3n) is 4.58. The van der Waals surface area contributed by atoms with Crippen LogP contribution in [0.5, 0.6) is 0 Å². The largest absolute Gasteiger partial charge is 0.311 e. The Bertz CT molecular complexity index is 201. The molecule has 0 bridgehead atoms. The molecule has 2 rings (SSSR count). The minimum absolute atomic E-state index is 0.161. The zero-order valence-electron chi connectivity index (χ0n) is 10.6. The van der Waals surface area contributed by atoms with Crippen LogP contribution in [-0.4, -0.2) is 18.8 Å². The number of hydrogen-bond donors (Lipinski definition) is 1. The van der Waals surface area contributed by atoms with Crippen molar-refractivity contribution >= 4 is 0 Å². The van der Waals surface area contributed by atoms with E-state index in [1.54, 1.807) is 0 Å². The van der Waals surface area contributed by atoms with Crippen molar-refractivity contribution in [3.63, 3.8) is 0 Å². The van der Waals surface area contributed by atoms with Crippen molar-refractivity contribution in [3.8, 4) is 0 Å². The van der Waals surface area contributed by atoms with E-state index in [4.69, 9.17) is 0 Å². The summed E-state index contributed by atoms with van der Waals surface area (Å²) in [7, 11) is 0. The summed E-state index contributed by atoms with van der Waals surface area (Å²) < 4.78 is 14.4. The predicted molar refractivity (Wildman–Crippen MR) is 66.3 cm³/mol. The highest BCUT2D eigenvalue weighted by Crippen LogP contribution is 2.35. The molecule has 4 unspecified atom stereocenters. The molecule has 1 heterocycles. The Morgan fingerprint density at radius 2 is 2.06 bits per heavy atom. The lowest BCUT2D eigenvalue weighted by atomic mass is 9.76. The number of alkyl halides is 1. The van der Waals surface area contributed by atoms with E-state index < -0.39 is 6.17 Å². The number of piperidine rings is 1. The minimum Gasteiger partial charge on any atom is -0.311 e. The van der Waals surface area contributed by atoms with E-state index in [0.29, 0.717) is 5.92 Å². The normalized spacial score (nSPS) is 38.2. The second-order valence-electron chi connectivity index (χ2n) is 5.70. The van der Waals surface area contributed by atoms with E-state index in [1.807, 2.05) is 0 Å². The maximum Gasteiger partial charge on any atom is 0.118 e. The lowest BCUT2D eigenvalue weighted by Crippen LogP contribution is -2.45. The van der Waals surface area contributed by atoms with Crippen LogP contribution in [0.1, 0.15) is 58.3 Å². The smallest absolute Gasteiger partial charge is 0.118 e. The molecule has 0 aromatic heterocycles. The first-order chi connectivity index (χ1) is 7.81. The highest BCUT2D eigenvalue weighted by molar-refractivity contribution is 4.87. The summed E-state index contributed by atoms with van der Waals surface area (Å²) in [6.07, 6.45) is 8.97. The number of halogens is 1. The van der Waals surface area contributed by atoms with Gasteiger partial charge in [0, 0.05) is 6.04 Å². The molecule has 94 valence electrons. The number of nitrogens with one attached hydrogen (secondary N) is 1. The Morgan fingerprint density at radius 3 is 2.75 bits per heavy atom. The standard InChI is InChI=1S/C14H26FN/c1-2-11-6-5-7-12(10-11)14(15)13-8-3-4-9-16-13/h11-14,16H,2-10H2,1H3. The molecule has 0 spiro atoms. The van der Waals surface area contributed by atoms with Crippen molar-refractivity contribution in [1.29, 1.82) is 0 Å². The summed E-state index contributed by atoms with van der Waals surface area (Å²) in [5.74, 6) is 1.13. The van der Waals surface area contributed by atoms with E-state index in [1.165, 1.54) is 32.1 Å². The summed E-state index contributed by atoms with van der Waals surface area (Å²) in [5.41, 5.74) is 0. The number of rotatable bonds is 3. The molecule has 16 heavy (non-hydrogen) atoms. The summed E-state index contributed by atoms with van der Waals surface area (Å²) in [4.78, 5) is 0. The van der Waals surface area contributed by atoms with Crippen molar-refractivity contribution < 1.29 is 4.39 Å². The van der Waals surface area contributed by atoms with E-state index in [2.05, 4.69) is 12.2 Å². The lowest BCUT2D eigenvalue weighted by Gasteiger charge is -2.36. The Labute approximate surface area is 99.2 Å². The zero-order valence-corrected chi connectivity index (χ0v) is 10.6. The molecular weight excluding hydrogens is 201 g/mol. The molecule has 1 aliphatic heterocycles. The highest BCUT2D eigenvalue weighted by Gasteiger charge is 2.33. The fourth-order valence-electron chi connectivity index (χ4n) is 3.47. The quantitative estimate of drug-likeness (QED) is 0.775. The average Bonchev–Trinajstić information content (AvgIpc) is 2.39. The van der Waals surface area contributed by atoms with E-state index >= 15 is 0 Å². The molecule has 1 saturated carbocycles. The lowest BCUT2D eigenvalue weighted by molar-refractivity contribution is 0.101. The Hall–Kier alpha value is -0.110. The van der Waals surface area contributed by atoms with Crippen molar-refractivity contribution in [1.82, 2.24) is 5.32 Å². The van der Waals surface area contributed by atoms with E-state index in [-0.39, 0.29) is 6.04 Å². The van der Waals surface area contributed by atoms with Crippen LogP contribution >= 0.6 is 0 Å². The number of hydrogen-bond acceptors (Lipinski definition) is 1. The van der Waals surface area contributed by atoms with Gasteiger partial charge in [0.05, 0.1) is 0 Å². The van der Waals surface area contributed by atoms with Crippen LogP contribution < -0.4 is 5.32 Å². The first kappa shape index (κ1) is 12.3. The van der Waals surface area contributed by atoms with Gasteiger partial charge in [0.15, 0.2) is 0 Å². The van der Waals surface area contributed by atoms with Gasteiger partial charge in [0.25, 0.3) is 0 Å². The SMILES string of the molecule is CCC1CCCC(C(F)C2CCCCN2)C1. The second kappa shape index (κ2) is 6.00. The van der Waals surface area contributed by atoms with Gasteiger partial charge in [-0.2, -0.15) is 0 Å². The van der Waals surface area contributed by atoms with Crippen molar-refractivity contribution in [2.24, 2.45) is 11.8 Å². The van der Waals surface area contributed by atoms with Gasteiger partial charge in [-0.25, -0.2) is 4.39 Å². The molecule has 1 saturated heterocycles. The summed E-state index contributed by atoms with van der Waals surface area (Å²) in [5, 5.41) is 3.37. The van der Waals surface area contributed by atoms with Gasteiger partial charge >= 0.3 is 0 Å². The Balaban J connectivity index is 1.84. The average molecular weight is 227 g/mol. The summed E-state index contributed by atoms with van der Waals surface area (Å²) in [6, 6.07) is 0.161. The topological polar surface area (TPSA) is 12.0 Å². The molecular formula is C14H26FN. The zero-order chi connectivity index (χ0) is 11.4. The Morgan fingerprint density at radius 1 is 1.19 bits per heavy atom. The van der Waals surface area contributed by atoms with Gasteiger partial charge in [-0.3, -0.25) is 0 Å². The molecule has 2 aliphatic rings. The third kappa shape index (κ3) is 2.97. The second-order valence-corrected chi connectivity index (χ2v) is 5.70. The van der Waals surface area contributed by atoms with Gasteiger partial charge < -0.3 is 5.32 Å². The molecule has 1 nitrogen and oxygen atoms in total. The van der Waals surface area contributed by atoms with Crippen LogP contribution in [0.25, 0.3) is 0 Å². The molecule has 0 aromatic carbocycles. The predicted octanol–water partition coefficient (Wildman–Crippen LogP) is 3.68. The van der Waals surface area contributed by atoms with Crippen LogP contribution in [0, 0.1) is 11.8 Å². The molecule has 2 heteroatoms. The van der Waals surface area contributed by atoms with Crippen LogP contribution in [0.2, 0.25) is 0 Å². The Kier molecular flexibility index (Phi) is 4.63. The third-order valence-corrected chi connectivity index (χ3v) is 4.58. The molecule has 0 aromatic rings. The maximum absolute atomic E-state index is 14.4. The first-order valence-electron chi connectivity index (χ1n) is 7.18. The monoisotopic (exact) mass is 227 g/mol. The van der Waals surface area contributed by atoms with Crippen molar-refractivity contribution in [2.75, 3.05) is 6.54 Å². The van der Waals surface area contributed by atoms with Crippen molar-refractivity contribution in [3.05, 3.63) is 0 Å². The van der Waals surface area contributed by atoms with Crippen LogP contribution in [0.15, 0.2) is 0 Å². The van der Waals surface area contributed by atoms with Gasteiger partial charge in [-0.15, -0.1) is 0 Å². The first-order valence-corrected chi connectivity index (χ1v) is 7.18. The van der Waals surface area contributed by atoms with Crippen LogP contribution in [0.3, 0.4) is 0 Å².